The summed E-state index contributed by atoms with van der Waals surface area (Å²) in [5, 5.41) is 3.30. The maximum atomic E-state index is 5.88. The first-order chi connectivity index (χ1) is 8.15. The van der Waals surface area contributed by atoms with E-state index in [0.29, 0.717) is 0 Å². The van der Waals surface area contributed by atoms with Gasteiger partial charge < -0.3 is 5.32 Å². The molecule has 17 heavy (non-hydrogen) atoms. The number of hydrogen-bond donors (Lipinski definition) is 1. The molecule has 0 aliphatic carbocycles. The van der Waals surface area contributed by atoms with Crippen LogP contribution in [0.25, 0.3) is 0 Å². The first-order valence-electron chi connectivity index (χ1n) is 5.25. The molecule has 0 saturated carbocycles. The van der Waals surface area contributed by atoms with Crippen LogP contribution in [0.4, 0.5) is 5.82 Å². The van der Waals surface area contributed by atoms with Crippen LogP contribution in [-0.2, 0) is 6.42 Å². The summed E-state index contributed by atoms with van der Waals surface area (Å²) in [6.45, 7) is 2.92. The van der Waals surface area contributed by atoms with Gasteiger partial charge in [0, 0.05) is 22.1 Å². The molecular weight excluding hydrogens is 320 g/mol. The van der Waals surface area contributed by atoms with E-state index in [-0.39, 0.29) is 0 Å². The molecule has 0 spiro atoms. The lowest BCUT2D eigenvalue weighted by atomic mass is 10.3. The fourth-order valence-electron chi connectivity index (χ4n) is 1.44. The van der Waals surface area contributed by atoms with E-state index in [1.54, 1.807) is 11.3 Å². The smallest absolute Gasteiger partial charge is 0.126 e. The molecule has 0 fully saturated rings. The highest BCUT2D eigenvalue weighted by Gasteiger charge is 2.00. The number of rotatable bonds is 4. The van der Waals surface area contributed by atoms with Crippen molar-refractivity contribution in [3.63, 3.8) is 0 Å². The molecule has 5 heteroatoms. The van der Waals surface area contributed by atoms with Gasteiger partial charge in [0.1, 0.15) is 5.82 Å². The van der Waals surface area contributed by atoms with Crippen molar-refractivity contribution in [1.29, 1.82) is 0 Å². The predicted octanol–water partition coefficient (Wildman–Crippen LogP) is 4.52. The van der Waals surface area contributed by atoms with Crippen molar-refractivity contribution in [2.24, 2.45) is 0 Å². The monoisotopic (exact) mass is 330 g/mol. The predicted molar refractivity (Wildman–Crippen MR) is 78.2 cm³/mol. The summed E-state index contributed by atoms with van der Waals surface area (Å²) < 4.78 is 1.88. The van der Waals surface area contributed by atoms with E-state index >= 15 is 0 Å². The number of aryl methyl sites for hydroxylation is 1. The van der Waals surface area contributed by atoms with Gasteiger partial charge in [0.15, 0.2) is 0 Å². The van der Waals surface area contributed by atoms with E-state index in [9.17, 15) is 0 Å². The summed E-state index contributed by atoms with van der Waals surface area (Å²) in [5.74, 6) is 0.911. The second-order valence-electron chi connectivity index (χ2n) is 3.70. The van der Waals surface area contributed by atoms with Gasteiger partial charge in [-0.3, -0.25) is 0 Å². The van der Waals surface area contributed by atoms with Crippen molar-refractivity contribution in [2.45, 2.75) is 13.3 Å². The van der Waals surface area contributed by atoms with Gasteiger partial charge in [-0.25, -0.2) is 4.98 Å². The molecule has 0 bridgehead atoms. The third kappa shape index (κ3) is 3.69. The number of halogens is 2. The molecule has 0 saturated heterocycles. The minimum atomic E-state index is 0.845. The molecule has 0 atom stereocenters. The average Bonchev–Trinajstić information content (AvgIpc) is 2.70. The molecular formula is C12H12BrClN2S. The first-order valence-corrected chi connectivity index (χ1v) is 7.24. The topological polar surface area (TPSA) is 24.9 Å². The largest absolute Gasteiger partial charge is 0.370 e. The number of thiophene rings is 1. The molecule has 90 valence electrons. The molecule has 0 aliphatic heterocycles. The van der Waals surface area contributed by atoms with Crippen molar-refractivity contribution in [2.75, 3.05) is 11.9 Å². The van der Waals surface area contributed by atoms with Gasteiger partial charge in [-0.15, -0.1) is 11.3 Å². The Morgan fingerprint density at radius 2 is 2.29 bits per heavy atom. The lowest BCUT2D eigenvalue weighted by Crippen LogP contribution is -2.05. The van der Waals surface area contributed by atoms with Gasteiger partial charge in [-0.2, -0.15) is 0 Å². The molecule has 1 N–H and O–H groups in total. The van der Waals surface area contributed by atoms with E-state index in [0.717, 1.165) is 27.6 Å². The molecule has 0 amide bonds. The molecule has 2 nitrogen and oxygen atoms in total. The van der Waals surface area contributed by atoms with Gasteiger partial charge in [-0.1, -0.05) is 11.6 Å². The highest BCUT2D eigenvalue weighted by Crippen LogP contribution is 2.22. The van der Waals surface area contributed by atoms with Crippen LogP contribution in [0.3, 0.4) is 0 Å². The number of nitrogens with zero attached hydrogens (tertiary/aromatic N) is 1. The summed E-state index contributed by atoms with van der Waals surface area (Å²) in [7, 11) is 0. The summed E-state index contributed by atoms with van der Waals surface area (Å²) in [6, 6.07) is 6.03. The van der Waals surface area contributed by atoms with Crippen LogP contribution in [0.15, 0.2) is 28.9 Å². The second kappa shape index (κ2) is 5.85. The van der Waals surface area contributed by atoms with Crippen LogP contribution in [0.2, 0.25) is 4.34 Å². The molecule has 2 heterocycles. The Labute approximate surface area is 118 Å². The zero-order valence-electron chi connectivity index (χ0n) is 9.34. The fourth-order valence-corrected chi connectivity index (χ4v) is 2.74. The number of aromatic nitrogens is 1. The average molecular weight is 332 g/mol. The van der Waals surface area contributed by atoms with Crippen LogP contribution >= 0.6 is 38.9 Å². The summed E-state index contributed by atoms with van der Waals surface area (Å²) >= 11 is 10.9. The van der Waals surface area contributed by atoms with Crippen molar-refractivity contribution >= 4 is 44.7 Å². The quantitative estimate of drug-likeness (QED) is 0.891. The lowest BCUT2D eigenvalue weighted by molar-refractivity contribution is 1.02. The van der Waals surface area contributed by atoms with Gasteiger partial charge in [0.05, 0.1) is 4.34 Å². The van der Waals surface area contributed by atoms with Gasteiger partial charge in [0.2, 0.25) is 0 Å². The molecule has 2 aromatic heterocycles. The van der Waals surface area contributed by atoms with Crippen LogP contribution in [0.1, 0.15) is 10.4 Å². The summed E-state index contributed by atoms with van der Waals surface area (Å²) in [6.07, 6.45) is 2.79. The minimum Gasteiger partial charge on any atom is -0.370 e. The molecule has 2 aromatic rings. The lowest BCUT2D eigenvalue weighted by Gasteiger charge is -2.06. The van der Waals surface area contributed by atoms with E-state index in [4.69, 9.17) is 11.6 Å². The first kappa shape index (κ1) is 12.9. The molecule has 0 radical (unpaired) electrons. The molecule has 0 aromatic carbocycles. The van der Waals surface area contributed by atoms with Crippen LogP contribution in [-0.4, -0.2) is 11.5 Å². The van der Waals surface area contributed by atoms with Crippen molar-refractivity contribution in [1.82, 2.24) is 4.98 Å². The number of hydrogen-bond acceptors (Lipinski definition) is 3. The third-order valence-corrected chi connectivity index (χ3v) is 4.47. The van der Waals surface area contributed by atoms with E-state index in [2.05, 4.69) is 39.2 Å². The van der Waals surface area contributed by atoms with Crippen molar-refractivity contribution < 1.29 is 0 Å². The standard InChI is InChI=1S/C12H12BrClN2S/c1-8-6-12(16-7-10(8)13)15-5-4-9-2-3-11(14)17-9/h2-3,6-7H,4-5H2,1H3,(H,15,16). The Balaban J connectivity index is 1.87. The zero-order valence-corrected chi connectivity index (χ0v) is 12.5. The van der Waals surface area contributed by atoms with E-state index < -0.39 is 0 Å². The van der Waals surface area contributed by atoms with Crippen molar-refractivity contribution in [3.8, 4) is 0 Å². The van der Waals surface area contributed by atoms with Crippen molar-refractivity contribution in [3.05, 3.63) is 43.6 Å². The van der Waals surface area contributed by atoms with E-state index in [1.807, 2.05) is 18.3 Å². The fraction of sp³-hybridized carbons (Fsp3) is 0.250. The Bertz CT molecular complexity index is 513. The molecule has 2 rings (SSSR count). The van der Waals surface area contributed by atoms with Gasteiger partial charge >= 0.3 is 0 Å². The molecule has 0 unspecified atom stereocenters. The molecule has 0 aliphatic rings. The Morgan fingerprint density at radius 1 is 1.47 bits per heavy atom. The Morgan fingerprint density at radius 3 is 2.94 bits per heavy atom. The van der Waals surface area contributed by atoms with Gasteiger partial charge in [0.25, 0.3) is 0 Å². The van der Waals surface area contributed by atoms with Crippen LogP contribution in [0, 0.1) is 6.92 Å². The SMILES string of the molecule is Cc1cc(NCCc2ccc(Cl)s2)ncc1Br. The van der Waals surface area contributed by atoms with Gasteiger partial charge in [-0.05, 0) is 53.0 Å². The third-order valence-electron chi connectivity index (χ3n) is 2.35. The maximum Gasteiger partial charge on any atom is 0.126 e. The number of pyridine rings is 1. The summed E-state index contributed by atoms with van der Waals surface area (Å²) in [4.78, 5) is 5.58. The number of nitrogens with one attached hydrogen (secondary N) is 1. The normalized spacial score (nSPS) is 10.5. The van der Waals surface area contributed by atoms with Crippen LogP contribution < -0.4 is 5.32 Å². The highest BCUT2D eigenvalue weighted by molar-refractivity contribution is 9.10. The minimum absolute atomic E-state index is 0.845. The Kier molecular flexibility index (Phi) is 4.42. The second-order valence-corrected chi connectivity index (χ2v) is 6.36. The summed E-state index contributed by atoms with van der Waals surface area (Å²) in [5.41, 5.74) is 1.18. The van der Waals surface area contributed by atoms with Crippen LogP contribution in [0.5, 0.6) is 0 Å². The van der Waals surface area contributed by atoms with E-state index in [1.165, 1.54) is 10.4 Å². The maximum absolute atomic E-state index is 5.88. The Hall–Kier alpha value is -0.580. The zero-order chi connectivity index (χ0) is 12.3. The highest BCUT2D eigenvalue weighted by atomic mass is 79.9. The number of anilines is 1.